The molecular weight excluding hydrogens is 380 g/mol. The first kappa shape index (κ1) is 21.5. The lowest BCUT2D eigenvalue weighted by atomic mass is 9.95. The van der Waals surface area contributed by atoms with Gasteiger partial charge in [0.15, 0.2) is 5.78 Å². The van der Waals surface area contributed by atoms with Crippen LogP contribution in [0.15, 0.2) is 59.7 Å². The van der Waals surface area contributed by atoms with Gasteiger partial charge < -0.3 is 19.7 Å². The Labute approximate surface area is 177 Å². The quantitative estimate of drug-likeness (QED) is 0.560. The lowest BCUT2D eigenvalue weighted by Gasteiger charge is -2.26. The van der Waals surface area contributed by atoms with Crippen LogP contribution in [0.1, 0.15) is 62.1 Å². The highest BCUT2D eigenvalue weighted by Crippen LogP contribution is 2.42. The number of phenolic OH excluding ortho intramolecular Hbond substituents is 2. The summed E-state index contributed by atoms with van der Waals surface area (Å²) in [5.41, 5.74) is 3.51. The van der Waals surface area contributed by atoms with Gasteiger partial charge in [0.25, 0.3) is 0 Å². The number of hydrogen-bond acceptors (Lipinski definition) is 5. The predicted molar refractivity (Wildman–Crippen MR) is 116 cm³/mol. The average Bonchev–Trinajstić information content (AvgIpc) is 2.67. The van der Waals surface area contributed by atoms with Crippen molar-refractivity contribution in [1.82, 2.24) is 0 Å². The van der Waals surface area contributed by atoms with Gasteiger partial charge in [-0.1, -0.05) is 29.4 Å². The van der Waals surface area contributed by atoms with Gasteiger partial charge in [-0.3, -0.25) is 4.79 Å². The fourth-order valence-corrected chi connectivity index (χ4v) is 3.34. The van der Waals surface area contributed by atoms with Gasteiger partial charge in [-0.2, -0.15) is 0 Å². The average molecular weight is 408 g/mol. The summed E-state index contributed by atoms with van der Waals surface area (Å²) in [5, 5.41) is 19.8. The molecule has 0 aromatic heterocycles. The highest BCUT2D eigenvalue weighted by molar-refractivity contribution is 6.02. The standard InChI is InChI=1S/C25H28O5/c1-16(2)5-4-6-17(3)11-12-29-20-13-21(27)25-22(28)15-23(30-24(25)14-20)18-7-9-19(26)10-8-18/h5,7-11,13-14,23,26-27H,4,6,12,15H2,1-3H3/b17-11+/t23-/m0/s1. The van der Waals surface area contributed by atoms with Crippen molar-refractivity contribution >= 4 is 5.78 Å². The van der Waals surface area contributed by atoms with E-state index in [1.54, 1.807) is 30.3 Å². The second kappa shape index (κ2) is 9.53. The van der Waals surface area contributed by atoms with E-state index in [-0.39, 0.29) is 29.3 Å². The lowest BCUT2D eigenvalue weighted by Crippen LogP contribution is -2.20. The van der Waals surface area contributed by atoms with Gasteiger partial charge in [0.2, 0.25) is 0 Å². The Bertz CT molecular complexity index is 966. The van der Waals surface area contributed by atoms with Crippen molar-refractivity contribution in [3.63, 3.8) is 0 Å². The molecule has 0 bridgehead atoms. The van der Waals surface area contributed by atoms with Crippen LogP contribution >= 0.6 is 0 Å². The molecule has 0 aliphatic carbocycles. The first-order valence-electron chi connectivity index (χ1n) is 10.1. The zero-order valence-electron chi connectivity index (χ0n) is 17.6. The molecule has 1 heterocycles. The van der Waals surface area contributed by atoms with E-state index in [1.807, 2.05) is 6.08 Å². The van der Waals surface area contributed by atoms with Crippen molar-refractivity contribution in [2.75, 3.05) is 6.61 Å². The van der Waals surface area contributed by atoms with Gasteiger partial charge in [0.1, 0.15) is 41.3 Å². The summed E-state index contributed by atoms with van der Waals surface area (Å²) in [6.45, 7) is 6.61. The van der Waals surface area contributed by atoms with Crippen molar-refractivity contribution in [3.8, 4) is 23.0 Å². The minimum Gasteiger partial charge on any atom is -0.508 e. The molecule has 0 unspecified atom stereocenters. The van der Waals surface area contributed by atoms with Crippen LogP contribution in [0.25, 0.3) is 0 Å². The normalized spacial score (nSPS) is 15.9. The zero-order valence-corrected chi connectivity index (χ0v) is 17.6. The van der Waals surface area contributed by atoms with E-state index >= 15 is 0 Å². The maximum absolute atomic E-state index is 12.6. The molecule has 5 heteroatoms. The SMILES string of the molecule is CC(C)=CCC/C(C)=C/COc1cc(O)c2c(c1)O[C@H](c1ccc(O)cc1)CC2=O. The number of carbonyl (C=O) groups is 1. The number of hydrogen-bond donors (Lipinski definition) is 2. The zero-order chi connectivity index (χ0) is 21.7. The minimum absolute atomic E-state index is 0.124. The van der Waals surface area contributed by atoms with Crippen molar-refractivity contribution in [2.45, 2.75) is 46.1 Å². The van der Waals surface area contributed by atoms with Crippen molar-refractivity contribution in [1.29, 1.82) is 0 Å². The van der Waals surface area contributed by atoms with Crippen LogP contribution in [0.3, 0.4) is 0 Å². The second-order valence-corrected chi connectivity index (χ2v) is 7.82. The Hall–Kier alpha value is -3.21. The summed E-state index contributed by atoms with van der Waals surface area (Å²) in [4.78, 5) is 12.6. The summed E-state index contributed by atoms with van der Waals surface area (Å²) in [5.74, 6) is 0.579. The number of rotatable bonds is 7. The van der Waals surface area contributed by atoms with Crippen LogP contribution in [0.5, 0.6) is 23.0 Å². The van der Waals surface area contributed by atoms with E-state index < -0.39 is 6.10 Å². The van der Waals surface area contributed by atoms with Crippen molar-refractivity contribution < 1.29 is 24.5 Å². The Morgan fingerprint density at radius 1 is 1.13 bits per heavy atom. The third-order valence-electron chi connectivity index (χ3n) is 5.01. The van der Waals surface area contributed by atoms with Crippen LogP contribution in [0, 0.1) is 0 Å². The Morgan fingerprint density at radius 2 is 1.87 bits per heavy atom. The third kappa shape index (κ3) is 5.44. The van der Waals surface area contributed by atoms with Crippen LogP contribution < -0.4 is 9.47 Å². The van der Waals surface area contributed by atoms with Crippen molar-refractivity contribution in [2.24, 2.45) is 0 Å². The number of phenols is 2. The molecule has 2 N–H and O–H groups in total. The molecule has 5 nitrogen and oxygen atoms in total. The highest BCUT2D eigenvalue weighted by atomic mass is 16.5. The van der Waals surface area contributed by atoms with Gasteiger partial charge in [0, 0.05) is 12.1 Å². The van der Waals surface area contributed by atoms with E-state index in [2.05, 4.69) is 26.8 Å². The lowest BCUT2D eigenvalue weighted by molar-refractivity contribution is 0.0844. The Balaban J connectivity index is 1.70. The first-order valence-corrected chi connectivity index (χ1v) is 10.1. The molecular formula is C25H28O5. The number of Topliss-reactive ketones (excluding diaryl/α,β-unsaturated/α-hetero) is 1. The molecule has 0 radical (unpaired) electrons. The molecule has 1 aliphatic rings. The van der Waals surface area contributed by atoms with E-state index in [0.29, 0.717) is 18.1 Å². The molecule has 0 fully saturated rings. The highest BCUT2D eigenvalue weighted by Gasteiger charge is 2.31. The molecule has 158 valence electrons. The number of fused-ring (bicyclic) bond motifs is 1. The molecule has 2 aromatic rings. The molecule has 1 atom stereocenters. The number of allylic oxidation sites excluding steroid dienone is 3. The predicted octanol–water partition coefficient (Wildman–Crippen LogP) is 5.88. The van der Waals surface area contributed by atoms with Crippen LogP contribution in [0.4, 0.5) is 0 Å². The van der Waals surface area contributed by atoms with E-state index in [0.717, 1.165) is 18.4 Å². The van der Waals surface area contributed by atoms with E-state index in [1.165, 1.54) is 17.2 Å². The van der Waals surface area contributed by atoms with Gasteiger partial charge in [-0.25, -0.2) is 0 Å². The summed E-state index contributed by atoms with van der Waals surface area (Å²) in [6, 6.07) is 9.66. The van der Waals surface area contributed by atoms with Crippen LogP contribution in [-0.2, 0) is 0 Å². The van der Waals surface area contributed by atoms with Gasteiger partial charge >= 0.3 is 0 Å². The topological polar surface area (TPSA) is 76.0 Å². The van der Waals surface area contributed by atoms with Gasteiger partial charge in [0.05, 0.1) is 6.42 Å². The minimum atomic E-state index is -0.475. The van der Waals surface area contributed by atoms with Crippen LogP contribution in [-0.4, -0.2) is 22.6 Å². The van der Waals surface area contributed by atoms with Gasteiger partial charge in [-0.05, 0) is 57.4 Å². The molecule has 30 heavy (non-hydrogen) atoms. The Kier molecular flexibility index (Phi) is 6.83. The van der Waals surface area contributed by atoms with E-state index in [4.69, 9.17) is 9.47 Å². The molecule has 3 rings (SSSR count). The first-order chi connectivity index (χ1) is 14.3. The Morgan fingerprint density at radius 3 is 2.57 bits per heavy atom. The van der Waals surface area contributed by atoms with Crippen LogP contribution in [0.2, 0.25) is 0 Å². The molecule has 1 aliphatic heterocycles. The molecule has 0 saturated heterocycles. The second-order valence-electron chi connectivity index (χ2n) is 7.82. The number of carbonyl (C=O) groups excluding carboxylic acids is 1. The summed E-state index contributed by atoms with van der Waals surface area (Å²) in [7, 11) is 0. The summed E-state index contributed by atoms with van der Waals surface area (Å²) >= 11 is 0. The smallest absolute Gasteiger partial charge is 0.174 e. The maximum atomic E-state index is 12.6. The molecule has 0 spiro atoms. The number of aromatic hydroxyl groups is 2. The summed E-state index contributed by atoms with van der Waals surface area (Å²) in [6.07, 6.45) is 5.84. The van der Waals surface area contributed by atoms with Crippen molar-refractivity contribution in [3.05, 3.63) is 70.8 Å². The molecule has 0 saturated carbocycles. The van der Waals surface area contributed by atoms with Gasteiger partial charge in [-0.15, -0.1) is 0 Å². The summed E-state index contributed by atoms with van der Waals surface area (Å²) < 4.78 is 11.8. The largest absolute Gasteiger partial charge is 0.508 e. The third-order valence-corrected chi connectivity index (χ3v) is 5.01. The number of ketones is 1. The molecule has 2 aromatic carbocycles. The fraction of sp³-hybridized carbons (Fsp3) is 0.320. The fourth-order valence-electron chi connectivity index (χ4n) is 3.34. The van der Waals surface area contributed by atoms with E-state index in [9.17, 15) is 15.0 Å². The molecule has 0 amide bonds. The maximum Gasteiger partial charge on any atom is 0.174 e. The number of ether oxygens (including phenoxy) is 2. The number of benzene rings is 2. The monoisotopic (exact) mass is 408 g/mol.